The van der Waals surface area contributed by atoms with E-state index in [1.807, 2.05) is 24.3 Å². The second-order valence-electron chi connectivity index (χ2n) is 5.12. The van der Waals surface area contributed by atoms with E-state index in [1.54, 1.807) is 7.11 Å². The van der Waals surface area contributed by atoms with Gasteiger partial charge in [-0.1, -0.05) is 43.1 Å². The monoisotopic (exact) mass is 308 g/mol. The van der Waals surface area contributed by atoms with Crippen molar-refractivity contribution < 1.29 is 9.84 Å². The number of ether oxygens (including phenoxy) is 1. The number of hydrogen-bond acceptors (Lipinski definition) is 4. The molecule has 0 saturated heterocycles. The molecule has 0 spiro atoms. The maximum absolute atomic E-state index is 9.30. The Balaban J connectivity index is 2.28. The number of aliphatic hydroxyl groups is 1. The number of methoxy groups -OCH3 is 1. The molecule has 2 atom stereocenters. The molecule has 2 rings (SSSR count). The number of aliphatic hydroxyl groups excluding tert-OH is 1. The highest BCUT2D eigenvalue weighted by atomic mass is 35.5. The van der Waals surface area contributed by atoms with E-state index in [9.17, 15) is 5.11 Å². The Hall–Kier alpha value is -1.39. The molecule has 1 aliphatic rings. The van der Waals surface area contributed by atoms with Crippen molar-refractivity contribution in [3.05, 3.63) is 34.9 Å². The fourth-order valence-corrected chi connectivity index (χ4v) is 2.86. The molecule has 2 unspecified atom stereocenters. The molecule has 1 aliphatic heterocycles. The van der Waals surface area contributed by atoms with Crippen molar-refractivity contribution in [1.82, 2.24) is 0 Å². The summed E-state index contributed by atoms with van der Waals surface area (Å²) in [5, 5.41) is 10.0. The lowest BCUT2D eigenvalue weighted by atomic mass is 9.88. The van der Waals surface area contributed by atoms with Gasteiger partial charge >= 0.3 is 0 Å². The molecule has 4 nitrogen and oxygen atoms in total. The molecule has 1 aromatic carbocycles. The summed E-state index contributed by atoms with van der Waals surface area (Å²) in [5.74, 6) is 1.14. The van der Waals surface area contributed by atoms with Crippen LogP contribution in [0.2, 0.25) is 5.02 Å². The molecular formula is C16H21ClN2O2. The van der Waals surface area contributed by atoms with Crippen LogP contribution < -0.4 is 0 Å². The van der Waals surface area contributed by atoms with E-state index in [4.69, 9.17) is 16.3 Å². The van der Waals surface area contributed by atoms with Crippen molar-refractivity contribution in [1.29, 1.82) is 0 Å². The lowest BCUT2D eigenvalue weighted by Crippen LogP contribution is -2.35. The van der Waals surface area contributed by atoms with Crippen molar-refractivity contribution in [2.45, 2.75) is 32.2 Å². The first kappa shape index (κ1) is 16.0. The Morgan fingerprint density at radius 1 is 1.33 bits per heavy atom. The Bertz CT molecular complexity index is 543. The van der Waals surface area contributed by atoms with E-state index in [-0.39, 0.29) is 18.6 Å². The average Bonchev–Trinajstić information content (AvgIpc) is 2.51. The number of benzene rings is 1. The molecule has 0 aliphatic carbocycles. The van der Waals surface area contributed by atoms with E-state index in [1.165, 1.54) is 0 Å². The van der Waals surface area contributed by atoms with Gasteiger partial charge < -0.3 is 9.84 Å². The molecule has 21 heavy (non-hydrogen) atoms. The third-order valence-corrected chi connectivity index (χ3v) is 4.04. The summed E-state index contributed by atoms with van der Waals surface area (Å²) in [6, 6.07) is 7.87. The predicted octanol–water partition coefficient (Wildman–Crippen LogP) is 3.12. The van der Waals surface area contributed by atoms with E-state index in [0.29, 0.717) is 11.7 Å². The van der Waals surface area contributed by atoms with Gasteiger partial charge in [0.25, 0.3) is 0 Å². The summed E-state index contributed by atoms with van der Waals surface area (Å²) in [7, 11) is 1.61. The number of rotatable bonds is 5. The summed E-state index contributed by atoms with van der Waals surface area (Å²) in [5.41, 5.74) is 1.07. The normalized spacial score (nSPS) is 21.7. The first-order chi connectivity index (χ1) is 10.2. The fourth-order valence-electron chi connectivity index (χ4n) is 2.64. The van der Waals surface area contributed by atoms with E-state index in [2.05, 4.69) is 16.9 Å². The Morgan fingerprint density at radius 3 is 2.71 bits per heavy atom. The van der Waals surface area contributed by atoms with Crippen LogP contribution in [0, 0.1) is 5.92 Å². The third kappa shape index (κ3) is 3.83. The molecule has 1 heterocycles. The summed E-state index contributed by atoms with van der Waals surface area (Å²) in [4.78, 5) is 8.86. The average molecular weight is 309 g/mol. The van der Waals surface area contributed by atoms with Gasteiger partial charge in [0.2, 0.25) is 0 Å². The number of amidine groups is 1. The van der Waals surface area contributed by atoms with Crippen molar-refractivity contribution in [2.24, 2.45) is 15.9 Å². The fraction of sp³-hybridized carbons (Fsp3) is 0.500. The molecule has 0 bridgehead atoms. The Morgan fingerprint density at radius 2 is 2.10 bits per heavy atom. The molecule has 0 radical (unpaired) electrons. The SMILES string of the molecule is CCCC1N=C(CO)N=C(OC)C1Cc1ccccc1Cl. The van der Waals surface area contributed by atoms with Crippen LogP contribution in [-0.2, 0) is 11.2 Å². The van der Waals surface area contributed by atoms with Gasteiger partial charge in [-0.25, -0.2) is 0 Å². The minimum Gasteiger partial charge on any atom is -0.484 e. The van der Waals surface area contributed by atoms with Crippen LogP contribution in [-0.4, -0.2) is 36.6 Å². The van der Waals surface area contributed by atoms with Gasteiger partial charge in [0, 0.05) is 5.02 Å². The largest absolute Gasteiger partial charge is 0.484 e. The van der Waals surface area contributed by atoms with Crippen LogP contribution in [0.25, 0.3) is 0 Å². The van der Waals surface area contributed by atoms with Gasteiger partial charge in [0.1, 0.15) is 6.61 Å². The van der Waals surface area contributed by atoms with Crippen molar-refractivity contribution in [3.63, 3.8) is 0 Å². The summed E-state index contributed by atoms with van der Waals surface area (Å²) in [6.45, 7) is 1.96. The summed E-state index contributed by atoms with van der Waals surface area (Å²) >= 11 is 6.26. The smallest absolute Gasteiger partial charge is 0.195 e. The second kappa shape index (κ2) is 7.57. The van der Waals surface area contributed by atoms with Crippen LogP contribution in [0.4, 0.5) is 0 Å². The summed E-state index contributed by atoms with van der Waals surface area (Å²) < 4.78 is 5.44. The maximum Gasteiger partial charge on any atom is 0.195 e. The summed E-state index contributed by atoms with van der Waals surface area (Å²) in [6.07, 6.45) is 2.68. The number of aliphatic imine (C=N–C) groups is 2. The first-order valence-corrected chi connectivity index (χ1v) is 7.60. The molecule has 5 heteroatoms. The Labute approximate surface area is 130 Å². The van der Waals surface area contributed by atoms with E-state index >= 15 is 0 Å². The highest BCUT2D eigenvalue weighted by Crippen LogP contribution is 2.27. The molecule has 0 aromatic heterocycles. The van der Waals surface area contributed by atoms with Gasteiger partial charge in [-0.05, 0) is 24.5 Å². The number of halogens is 1. The molecular weight excluding hydrogens is 288 g/mol. The zero-order valence-electron chi connectivity index (χ0n) is 12.4. The molecule has 1 aromatic rings. The van der Waals surface area contributed by atoms with Crippen molar-refractivity contribution in [2.75, 3.05) is 13.7 Å². The minimum absolute atomic E-state index is 0.0603. The van der Waals surface area contributed by atoms with Gasteiger partial charge in [-0.15, -0.1) is 0 Å². The highest BCUT2D eigenvalue weighted by Gasteiger charge is 2.31. The highest BCUT2D eigenvalue weighted by molar-refractivity contribution is 6.31. The Kier molecular flexibility index (Phi) is 5.76. The van der Waals surface area contributed by atoms with Crippen LogP contribution in [0.5, 0.6) is 0 Å². The third-order valence-electron chi connectivity index (χ3n) is 3.67. The van der Waals surface area contributed by atoms with Crippen LogP contribution in [0.3, 0.4) is 0 Å². The van der Waals surface area contributed by atoms with Gasteiger partial charge in [-0.3, -0.25) is 4.99 Å². The molecule has 0 amide bonds. The second-order valence-corrected chi connectivity index (χ2v) is 5.52. The number of nitrogens with zero attached hydrogens (tertiary/aromatic N) is 2. The van der Waals surface area contributed by atoms with Gasteiger partial charge in [0.15, 0.2) is 11.7 Å². The van der Waals surface area contributed by atoms with Crippen LogP contribution in [0.15, 0.2) is 34.3 Å². The lowest BCUT2D eigenvalue weighted by molar-refractivity contribution is 0.325. The predicted molar refractivity (Wildman–Crippen MR) is 86.3 cm³/mol. The van der Waals surface area contributed by atoms with Crippen molar-refractivity contribution >= 4 is 23.3 Å². The minimum atomic E-state index is -0.161. The van der Waals surface area contributed by atoms with Gasteiger partial charge in [-0.2, -0.15) is 4.99 Å². The van der Waals surface area contributed by atoms with E-state index < -0.39 is 0 Å². The van der Waals surface area contributed by atoms with Crippen LogP contribution in [0.1, 0.15) is 25.3 Å². The standard InChI is InChI=1S/C16H21ClN2O2/c1-3-6-14-12(9-11-7-4-5-8-13(11)17)16(21-2)19-15(10-20)18-14/h4-5,7-8,12,14,20H,3,6,9-10H2,1-2H3. The molecule has 1 N–H and O–H groups in total. The topological polar surface area (TPSA) is 54.2 Å². The van der Waals surface area contributed by atoms with Gasteiger partial charge in [0.05, 0.1) is 19.1 Å². The number of hydrogen-bond donors (Lipinski definition) is 1. The quantitative estimate of drug-likeness (QED) is 0.908. The van der Waals surface area contributed by atoms with E-state index in [0.717, 1.165) is 29.8 Å². The van der Waals surface area contributed by atoms with Crippen LogP contribution >= 0.6 is 11.6 Å². The maximum atomic E-state index is 9.30. The first-order valence-electron chi connectivity index (χ1n) is 7.23. The zero-order chi connectivity index (χ0) is 15.2. The zero-order valence-corrected chi connectivity index (χ0v) is 13.2. The molecule has 114 valence electrons. The lowest BCUT2D eigenvalue weighted by Gasteiger charge is -2.28. The van der Waals surface area contributed by atoms with Crippen molar-refractivity contribution in [3.8, 4) is 0 Å². The molecule has 0 saturated carbocycles. The molecule has 0 fully saturated rings.